The number of likely N-dealkylation sites (tertiary alicyclic amines) is 1. The van der Waals surface area contributed by atoms with Gasteiger partial charge in [-0.25, -0.2) is 15.0 Å². The van der Waals surface area contributed by atoms with E-state index in [1.807, 2.05) is 116 Å². The molecule has 10 rings (SSSR count). The first-order valence-electron chi connectivity index (χ1n) is 29.9. The Morgan fingerprint density at radius 2 is 1.51 bits per heavy atom. The van der Waals surface area contributed by atoms with Crippen LogP contribution in [0.3, 0.4) is 0 Å². The standard InChI is InChI=1S/C66H81N9O10S/c1-46(2)62(74-41-53-11-5-6-13-57(53)48(74)4)65(78)75-42-56(76)39-59(75)64(77)68-40-52-15-14-51(63-47(3)69-45-86-63)38-61(52)85-35-34-81-33-32-80-31-30-79-28-24-72-20-22-73(23-21-72)25-29-84-60-17-16-55-37-54(60)44-83-27-8-7-26-82-43-49-10-9-12-50(36-49)58-18-19-67-66(70-55)71-58/h5-19,36-38,45-46,56,59,62,76H,4,20-35,39-44H2,1-3H3,(H,68,77)(H,67,70,71)/b8-7+/t56-,59+,62+/m1/s1. The van der Waals surface area contributed by atoms with Crippen LogP contribution in [-0.2, 0) is 59.6 Å². The van der Waals surface area contributed by atoms with E-state index in [-0.39, 0.29) is 43.8 Å². The van der Waals surface area contributed by atoms with Crippen LogP contribution in [0.4, 0.5) is 11.6 Å². The van der Waals surface area contributed by atoms with Crippen molar-refractivity contribution in [3.63, 3.8) is 0 Å². The molecule has 0 radical (unpaired) electrons. The van der Waals surface area contributed by atoms with E-state index in [4.69, 9.17) is 38.1 Å². The fourth-order valence-electron chi connectivity index (χ4n) is 11.3. The molecule has 6 bridgehead atoms. The van der Waals surface area contributed by atoms with Crippen LogP contribution in [0.25, 0.3) is 27.4 Å². The van der Waals surface area contributed by atoms with Crippen LogP contribution in [0, 0.1) is 12.8 Å². The normalized spacial score (nSPS) is 18.3. The molecule has 3 N–H and O–H groups in total. The molecule has 4 aliphatic heterocycles. The van der Waals surface area contributed by atoms with E-state index in [9.17, 15) is 14.7 Å². The van der Waals surface area contributed by atoms with Gasteiger partial charge in [0.05, 0.1) is 93.9 Å². The Morgan fingerprint density at radius 3 is 2.27 bits per heavy atom. The molecular weight excluding hydrogens is 1110 g/mol. The zero-order chi connectivity index (χ0) is 59.6. The van der Waals surface area contributed by atoms with Gasteiger partial charge in [0.15, 0.2) is 0 Å². The number of benzene rings is 4. The molecule has 4 aliphatic rings. The average molecular weight is 1190 g/mol. The van der Waals surface area contributed by atoms with E-state index in [0.717, 1.165) is 112 Å². The van der Waals surface area contributed by atoms with Crippen LogP contribution in [0.1, 0.15) is 53.8 Å². The number of nitrogens with zero attached hydrogens (tertiary/aromatic N) is 7. The third-order valence-electron chi connectivity index (χ3n) is 15.9. The van der Waals surface area contributed by atoms with Gasteiger partial charge >= 0.3 is 0 Å². The predicted molar refractivity (Wildman–Crippen MR) is 332 cm³/mol. The summed E-state index contributed by atoms with van der Waals surface area (Å²) in [7, 11) is 0. The summed E-state index contributed by atoms with van der Waals surface area (Å²) in [5.74, 6) is 1.32. The summed E-state index contributed by atoms with van der Waals surface area (Å²) in [6.07, 6.45) is 5.07. The molecule has 2 fully saturated rings. The van der Waals surface area contributed by atoms with Crippen LogP contribution < -0.4 is 20.1 Å². The van der Waals surface area contributed by atoms with Crippen molar-refractivity contribution in [3.05, 3.63) is 155 Å². The number of anilines is 2. The number of hydrogen-bond acceptors (Lipinski definition) is 18. The van der Waals surface area contributed by atoms with Crippen molar-refractivity contribution in [2.45, 2.75) is 71.7 Å². The van der Waals surface area contributed by atoms with Crippen molar-refractivity contribution < 1.29 is 47.9 Å². The molecule has 0 aliphatic carbocycles. The first-order valence-corrected chi connectivity index (χ1v) is 30.8. The number of aromatic nitrogens is 3. The van der Waals surface area contributed by atoms with Gasteiger partial charge in [-0.05, 0) is 65.9 Å². The number of thiazole rings is 1. The van der Waals surface area contributed by atoms with E-state index in [1.54, 1.807) is 22.4 Å². The van der Waals surface area contributed by atoms with Crippen LogP contribution in [0.5, 0.6) is 11.5 Å². The molecule has 0 unspecified atom stereocenters. The monoisotopic (exact) mass is 1190 g/mol. The summed E-state index contributed by atoms with van der Waals surface area (Å²) >= 11 is 1.55. The van der Waals surface area contributed by atoms with E-state index < -0.39 is 18.2 Å². The number of nitrogens with one attached hydrogen (secondary N) is 2. The van der Waals surface area contributed by atoms with Gasteiger partial charge in [-0.15, -0.1) is 11.3 Å². The number of aliphatic hydroxyl groups is 1. The van der Waals surface area contributed by atoms with Crippen LogP contribution in [0.15, 0.2) is 121 Å². The third-order valence-corrected chi connectivity index (χ3v) is 16.8. The van der Waals surface area contributed by atoms with Crippen molar-refractivity contribution >= 4 is 40.5 Å². The highest BCUT2D eigenvalue weighted by Crippen LogP contribution is 2.37. The Labute approximate surface area is 508 Å². The van der Waals surface area contributed by atoms with Gasteiger partial charge in [-0.3, -0.25) is 19.4 Å². The third kappa shape index (κ3) is 16.7. The number of amides is 2. The number of β-amino-alcohol motifs (C(OH)–C–C–N with tert-alkyl or cyclic N) is 1. The van der Waals surface area contributed by atoms with Crippen molar-refractivity contribution in [1.82, 2.24) is 39.9 Å². The number of aliphatic hydroxyl groups excluding tert-OH is 1. The number of fused-ring (bicyclic) bond motifs is 8. The number of carbonyl (C=O) groups excluding carboxylic acids is 2. The molecule has 86 heavy (non-hydrogen) atoms. The molecule has 2 aromatic heterocycles. The van der Waals surface area contributed by atoms with E-state index in [1.165, 1.54) is 0 Å². The van der Waals surface area contributed by atoms with Crippen molar-refractivity contribution in [2.75, 3.05) is 117 Å². The average Bonchev–Trinajstić information content (AvgIpc) is 2.85. The largest absolute Gasteiger partial charge is 0.492 e. The summed E-state index contributed by atoms with van der Waals surface area (Å²) in [5.41, 5.74) is 12.1. The Morgan fingerprint density at radius 1 is 0.779 bits per heavy atom. The van der Waals surface area contributed by atoms with E-state index >= 15 is 0 Å². The minimum absolute atomic E-state index is 0.0694. The van der Waals surface area contributed by atoms with Crippen molar-refractivity contribution in [1.29, 1.82) is 0 Å². The highest BCUT2D eigenvalue weighted by Gasteiger charge is 2.45. The molecular formula is C66H81N9O10S. The molecule has 19 nitrogen and oxygen atoms in total. The summed E-state index contributed by atoms with van der Waals surface area (Å²) in [5, 5.41) is 17.3. The fourth-order valence-corrected chi connectivity index (χ4v) is 12.1. The molecule has 4 aromatic carbocycles. The van der Waals surface area contributed by atoms with Gasteiger partial charge in [-0.2, -0.15) is 0 Å². The topological polar surface area (TPSA) is 195 Å². The zero-order valence-electron chi connectivity index (χ0n) is 49.7. The number of ether oxygens (including phenoxy) is 7. The Kier molecular flexibility index (Phi) is 22.3. The van der Waals surface area contributed by atoms with Gasteiger partial charge < -0.3 is 58.7 Å². The lowest BCUT2D eigenvalue weighted by atomic mass is 10.00. The SMILES string of the molecule is C=C1c2ccccc2CN1[C@H](C(=O)N1C[C@H](O)C[C@H]1C(=O)NCc1ccc(-c2scnc2C)cc1OCCOCCOCCOCCN1CCN(CCOc2ccc3cc2COC/C=C/COCc2cccc(c2)-c2ccnc(n2)N3)CC1)C(C)C. The number of rotatable bonds is 24. The molecule has 20 heteroatoms. The first-order chi connectivity index (χ1) is 42.0. The van der Waals surface area contributed by atoms with Gasteiger partial charge in [-0.1, -0.05) is 87.2 Å². The number of hydrogen-bond donors (Lipinski definition) is 3. The Hall–Kier alpha value is -7.11. The van der Waals surface area contributed by atoms with Crippen LogP contribution in [0.2, 0.25) is 0 Å². The smallest absolute Gasteiger partial charge is 0.246 e. The summed E-state index contributed by atoms with van der Waals surface area (Å²) in [4.78, 5) is 51.6. The van der Waals surface area contributed by atoms with E-state index in [2.05, 4.69) is 55.2 Å². The Bertz CT molecular complexity index is 3240. The fraction of sp³-hybridized carbons (Fsp3) is 0.439. The maximum absolute atomic E-state index is 14.4. The maximum atomic E-state index is 14.4. The molecule has 0 saturated carbocycles. The maximum Gasteiger partial charge on any atom is 0.246 e. The first kappa shape index (κ1) is 62.0. The number of aryl methyl sites for hydroxylation is 1. The van der Waals surface area contributed by atoms with Crippen LogP contribution in [-0.4, -0.2) is 182 Å². The second kappa shape index (κ2) is 31.0. The summed E-state index contributed by atoms with van der Waals surface area (Å²) in [6, 6.07) is 28.7. The lowest BCUT2D eigenvalue weighted by Gasteiger charge is -2.36. The molecule has 0 spiro atoms. The summed E-state index contributed by atoms with van der Waals surface area (Å²) < 4.78 is 42.3. The predicted octanol–water partition coefficient (Wildman–Crippen LogP) is 8.14. The van der Waals surface area contributed by atoms with Crippen molar-refractivity contribution in [2.24, 2.45) is 5.92 Å². The second-order valence-corrected chi connectivity index (χ2v) is 23.1. The molecule has 2 amide bonds. The van der Waals surface area contributed by atoms with Gasteiger partial charge in [0.1, 0.15) is 36.8 Å². The zero-order valence-corrected chi connectivity index (χ0v) is 50.5. The van der Waals surface area contributed by atoms with Crippen LogP contribution >= 0.6 is 11.3 Å². The second-order valence-electron chi connectivity index (χ2n) is 22.3. The van der Waals surface area contributed by atoms with E-state index in [0.29, 0.717) is 90.9 Å². The quantitative estimate of drug-likeness (QED) is 0.0388. The Balaban J connectivity index is 0.604. The lowest BCUT2D eigenvalue weighted by Crippen LogP contribution is -2.54. The van der Waals surface area contributed by atoms with Gasteiger partial charge in [0.25, 0.3) is 0 Å². The van der Waals surface area contributed by atoms with Gasteiger partial charge in [0, 0.05) is 105 Å². The molecule has 2 saturated heterocycles. The minimum atomic E-state index is -0.828. The number of piperazine rings is 1. The van der Waals surface area contributed by atoms with Crippen molar-refractivity contribution in [3.8, 4) is 33.2 Å². The molecule has 6 aromatic rings. The highest BCUT2D eigenvalue weighted by molar-refractivity contribution is 7.13. The minimum Gasteiger partial charge on any atom is -0.492 e. The van der Waals surface area contributed by atoms with Gasteiger partial charge in [0.2, 0.25) is 17.8 Å². The summed E-state index contributed by atoms with van der Waals surface area (Å²) in [6.45, 7) is 22.1. The highest BCUT2D eigenvalue weighted by atomic mass is 32.1. The molecule has 3 atom stereocenters. The number of carbonyl (C=O) groups is 2. The molecule has 456 valence electrons. The molecule has 6 heterocycles. The lowest BCUT2D eigenvalue weighted by molar-refractivity contribution is -0.143.